The first-order chi connectivity index (χ1) is 13.9. The molecule has 0 radical (unpaired) electrons. The van der Waals surface area contributed by atoms with Crippen molar-refractivity contribution in [2.75, 3.05) is 38.2 Å². The lowest BCUT2D eigenvalue weighted by atomic mass is 10.2. The zero-order valence-electron chi connectivity index (χ0n) is 17.4. The molecule has 0 aliphatic carbocycles. The predicted molar refractivity (Wildman–Crippen MR) is 119 cm³/mol. The third-order valence-electron chi connectivity index (χ3n) is 4.91. The maximum Gasteiger partial charge on any atom is 0.267 e. The molecule has 0 N–H and O–H groups in total. The van der Waals surface area contributed by atoms with Gasteiger partial charge in [0.2, 0.25) is 5.88 Å². The van der Waals surface area contributed by atoms with Crippen molar-refractivity contribution in [3.63, 3.8) is 0 Å². The average Bonchev–Trinajstić information content (AvgIpc) is 3.32. The first-order valence-electron chi connectivity index (χ1n) is 9.57. The van der Waals surface area contributed by atoms with Crippen LogP contribution in [0.2, 0.25) is 5.02 Å². The molecule has 1 amide bonds. The fraction of sp³-hybridized carbons (Fsp3) is 0.450. The van der Waals surface area contributed by atoms with Gasteiger partial charge in [0, 0.05) is 26.3 Å². The van der Waals surface area contributed by atoms with Gasteiger partial charge in [-0.05, 0) is 31.6 Å². The molecule has 29 heavy (non-hydrogen) atoms. The van der Waals surface area contributed by atoms with E-state index in [1.54, 1.807) is 22.8 Å². The molecule has 2 aromatic heterocycles. The van der Waals surface area contributed by atoms with Crippen LogP contribution in [-0.4, -0.2) is 58.9 Å². The third kappa shape index (κ3) is 4.39. The normalized spacial score (nSPS) is 11.4. The van der Waals surface area contributed by atoms with Crippen molar-refractivity contribution >= 4 is 44.2 Å². The monoisotopic (exact) mass is 435 g/mol. The van der Waals surface area contributed by atoms with Crippen LogP contribution in [0.15, 0.2) is 18.3 Å². The van der Waals surface area contributed by atoms with Gasteiger partial charge in [-0.2, -0.15) is 0 Å². The smallest absolute Gasteiger partial charge is 0.267 e. The highest BCUT2D eigenvalue weighted by atomic mass is 35.5. The van der Waals surface area contributed by atoms with Crippen LogP contribution in [0.3, 0.4) is 0 Å². The molecule has 0 bridgehead atoms. The maximum atomic E-state index is 13.5. The van der Waals surface area contributed by atoms with E-state index in [1.165, 1.54) is 18.4 Å². The van der Waals surface area contributed by atoms with Gasteiger partial charge >= 0.3 is 0 Å². The average molecular weight is 436 g/mol. The Hall–Kier alpha value is -2.16. The van der Waals surface area contributed by atoms with Gasteiger partial charge in [0.15, 0.2) is 5.13 Å². The van der Waals surface area contributed by atoms with Crippen LogP contribution in [-0.2, 0) is 7.05 Å². The largest absolute Gasteiger partial charge is 0.479 e. The molecule has 156 valence electrons. The Bertz CT molecular complexity index is 973. The van der Waals surface area contributed by atoms with Crippen molar-refractivity contribution in [1.82, 2.24) is 19.7 Å². The Labute approximate surface area is 179 Å². The molecule has 0 fully saturated rings. The molecule has 0 saturated carbocycles. The molecule has 7 nitrogen and oxygen atoms in total. The summed E-state index contributed by atoms with van der Waals surface area (Å²) in [6, 6.07) is 3.81. The van der Waals surface area contributed by atoms with Crippen LogP contribution in [0.4, 0.5) is 5.13 Å². The number of thiazole rings is 1. The first kappa shape index (κ1) is 21.5. The van der Waals surface area contributed by atoms with Gasteiger partial charge in [0.1, 0.15) is 5.56 Å². The van der Waals surface area contributed by atoms with Crippen molar-refractivity contribution in [3.8, 4) is 5.88 Å². The Morgan fingerprint density at radius 3 is 2.62 bits per heavy atom. The number of hydrogen-bond donors (Lipinski definition) is 0. The summed E-state index contributed by atoms with van der Waals surface area (Å²) in [5, 5.41) is 5.49. The van der Waals surface area contributed by atoms with Crippen molar-refractivity contribution in [1.29, 1.82) is 0 Å². The van der Waals surface area contributed by atoms with Crippen molar-refractivity contribution < 1.29 is 9.53 Å². The Balaban J connectivity index is 2.04. The number of amides is 1. The Morgan fingerprint density at radius 2 is 2.00 bits per heavy atom. The lowest BCUT2D eigenvalue weighted by Gasteiger charge is -2.24. The van der Waals surface area contributed by atoms with Gasteiger partial charge < -0.3 is 9.64 Å². The second-order valence-corrected chi connectivity index (χ2v) is 8.13. The van der Waals surface area contributed by atoms with Gasteiger partial charge in [-0.25, -0.2) is 4.98 Å². The number of halogens is 1. The van der Waals surface area contributed by atoms with Gasteiger partial charge in [0.25, 0.3) is 5.91 Å². The summed E-state index contributed by atoms with van der Waals surface area (Å²) in [7, 11) is 3.28. The molecule has 3 rings (SSSR count). The number of aromatic nitrogens is 3. The fourth-order valence-corrected chi connectivity index (χ4v) is 4.52. The molecule has 0 saturated heterocycles. The molecule has 9 heteroatoms. The van der Waals surface area contributed by atoms with Crippen LogP contribution in [0.1, 0.15) is 29.8 Å². The number of aryl methyl sites for hydroxylation is 2. The van der Waals surface area contributed by atoms with Gasteiger partial charge in [-0.15, -0.1) is 5.10 Å². The van der Waals surface area contributed by atoms with Gasteiger partial charge in [-0.1, -0.05) is 42.9 Å². The van der Waals surface area contributed by atoms with E-state index in [1.807, 2.05) is 19.1 Å². The summed E-state index contributed by atoms with van der Waals surface area (Å²) in [5.74, 6) is 0.121. The van der Waals surface area contributed by atoms with E-state index >= 15 is 0 Å². The number of benzene rings is 1. The van der Waals surface area contributed by atoms with Gasteiger partial charge in [-0.3, -0.25) is 14.4 Å². The minimum atomic E-state index is -0.185. The molecule has 1 aromatic carbocycles. The molecule has 2 heterocycles. The minimum absolute atomic E-state index is 0.185. The highest BCUT2D eigenvalue weighted by molar-refractivity contribution is 7.23. The minimum Gasteiger partial charge on any atom is -0.479 e. The number of ether oxygens (including phenoxy) is 1. The summed E-state index contributed by atoms with van der Waals surface area (Å²) in [5.41, 5.74) is 2.27. The summed E-state index contributed by atoms with van der Waals surface area (Å²) in [4.78, 5) is 22.2. The second-order valence-electron chi connectivity index (χ2n) is 6.75. The molecule has 0 spiro atoms. The van der Waals surface area contributed by atoms with E-state index in [0.29, 0.717) is 28.1 Å². The number of nitrogens with zero attached hydrogens (tertiary/aromatic N) is 5. The molecular formula is C20H26ClN5O2S. The number of anilines is 1. The molecular weight excluding hydrogens is 410 g/mol. The van der Waals surface area contributed by atoms with Crippen LogP contribution in [0.5, 0.6) is 5.88 Å². The lowest BCUT2D eigenvalue weighted by Crippen LogP contribution is -2.38. The SMILES string of the molecule is CCN(CC)CCN(C(=O)c1cn(C)nc1OC)c1nc2c(C)ccc(Cl)c2s1. The van der Waals surface area contributed by atoms with Gasteiger partial charge in [0.05, 0.1) is 22.3 Å². The molecule has 0 atom stereocenters. The predicted octanol–water partition coefficient (Wildman–Crippen LogP) is 3.99. The molecule has 0 aliphatic heterocycles. The number of fused-ring (bicyclic) bond motifs is 1. The van der Waals surface area contributed by atoms with E-state index in [-0.39, 0.29) is 5.91 Å². The number of rotatable bonds is 8. The van der Waals surface area contributed by atoms with E-state index in [4.69, 9.17) is 21.3 Å². The number of hydrogen-bond acceptors (Lipinski definition) is 6. The molecule has 3 aromatic rings. The quantitative estimate of drug-likeness (QED) is 0.535. The van der Waals surface area contributed by atoms with Crippen LogP contribution in [0, 0.1) is 6.92 Å². The Kier molecular flexibility index (Phi) is 6.77. The van der Waals surface area contributed by atoms with E-state index in [9.17, 15) is 4.79 Å². The lowest BCUT2D eigenvalue weighted by molar-refractivity contribution is 0.0981. The van der Waals surface area contributed by atoms with Crippen molar-refractivity contribution in [2.45, 2.75) is 20.8 Å². The maximum absolute atomic E-state index is 13.5. The summed E-state index contributed by atoms with van der Waals surface area (Å²) >= 11 is 7.82. The molecule has 0 aliphatic rings. The first-order valence-corrected chi connectivity index (χ1v) is 10.8. The summed E-state index contributed by atoms with van der Waals surface area (Å²) in [6.45, 7) is 9.30. The molecule has 0 unspecified atom stereocenters. The highest BCUT2D eigenvalue weighted by Crippen LogP contribution is 2.36. The highest BCUT2D eigenvalue weighted by Gasteiger charge is 2.27. The van der Waals surface area contributed by atoms with Crippen LogP contribution in [0.25, 0.3) is 10.2 Å². The van der Waals surface area contributed by atoms with Crippen molar-refractivity contribution in [2.24, 2.45) is 7.05 Å². The summed E-state index contributed by atoms with van der Waals surface area (Å²) in [6.07, 6.45) is 1.68. The van der Waals surface area contributed by atoms with Crippen molar-refractivity contribution in [3.05, 3.63) is 34.5 Å². The number of likely N-dealkylation sites (N-methyl/N-ethyl adjacent to an activating group) is 1. The number of methoxy groups -OCH3 is 1. The summed E-state index contributed by atoms with van der Waals surface area (Å²) < 4.78 is 7.78. The second kappa shape index (κ2) is 9.11. The third-order valence-corrected chi connectivity index (χ3v) is 6.45. The zero-order chi connectivity index (χ0) is 21.1. The number of carbonyl (C=O) groups is 1. The van der Waals surface area contributed by atoms with E-state index in [2.05, 4.69) is 23.8 Å². The standard InChI is InChI=1S/C20H26ClN5O2S/c1-6-25(7-2)10-11-26(19(27)14-12-24(4)23-18(14)28-5)20-22-16-13(3)8-9-15(21)17(16)29-20/h8-9,12H,6-7,10-11H2,1-5H3. The number of carbonyl (C=O) groups excluding carboxylic acids is 1. The topological polar surface area (TPSA) is 63.5 Å². The van der Waals surface area contributed by atoms with Crippen LogP contribution >= 0.6 is 22.9 Å². The fourth-order valence-electron chi connectivity index (χ4n) is 3.18. The van der Waals surface area contributed by atoms with E-state index in [0.717, 1.165) is 35.4 Å². The Morgan fingerprint density at radius 1 is 1.28 bits per heavy atom. The zero-order valence-corrected chi connectivity index (χ0v) is 19.0. The van der Waals surface area contributed by atoms with E-state index < -0.39 is 0 Å². The van der Waals surface area contributed by atoms with Crippen LogP contribution < -0.4 is 9.64 Å².